The summed E-state index contributed by atoms with van der Waals surface area (Å²) in [7, 11) is 0. The monoisotopic (exact) mass is 154 g/mol. The fourth-order valence-corrected chi connectivity index (χ4v) is 1.13. The molecule has 2 heterocycles. The van der Waals surface area contributed by atoms with Gasteiger partial charge in [0, 0.05) is 6.42 Å². The maximum Gasteiger partial charge on any atom is 0.161 e. The van der Waals surface area contributed by atoms with Crippen LogP contribution in [0.1, 0.15) is 5.56 Å². The first-order valence-electron chi connectivity index (χ1n) is 3.69. The number of furan rings is 1. The molecule has 1 saturated heterocycles. The lowest BCUT2D eigenvalue weighted by Gasteiger charge is -2.05. The molecular formula is C8H10O3. The summed E-state index contributed by atoms with van der Waals surface area (Å²) in [5.41, 5.74) is 1.12. The van der Waals surface area contributed by atoms with Crippen LogP contribution in [0, 0.1) is 0 Å². The average Bonchev–Trinajstić information content (AvgIpc) is 2.60. The summed E-state index contributed by atoms with van der Waals surface area (Å²) in [5, 5.41) is 0. The second-order valence-electron chi connectivity index (χ2n) is 2.51. The van der Waals surface area contributed by atoms with Crippen LogP contribution in [0.3, 0.4) is 0 Å². The molecule has 0 bridgehead atoms. The predicted octanol–water partition coefficient (Wildman–Crippen LogP) is 1.20. The smallest absolute Gasteiger partial charge is 0.161 e. The number of hydrogen-bond acceptors (Lipinski definition) is 3. The molecule has 2 rings (SSSR count). The van der Waals surface area contributed by atoms with Crippen molar-refractivity contribution in [2.24, 2.45) is 0 Å². The molecule has 0 spiro atoms. The molecule has 0 unspecified atom stereocenters. The van der Waals surface area contributed by atoms with E-state index in [1.807, 2.05) is 6.07 Å². The third kappa shape index (κ3) is 1.61. The van der Waals surface area contributed by atoms with Crippen LogP contribution < -0.4 is 0 Å². The van der Waals surface area contributed by atoms with Gasteiger partial charge in [0.25, 0.3) is 0 Å². The van der Waals surface area contributed by atoms with Crippen LogP contribution in [-0.2, 0) is 15.9 Å². The van der Waals surface area contributed by atoms with Crippen LogP contribution in [0.5, 0.6) is 0 Å². The zero-order chi connectivity index (χ0) is 7.52. The Morgan fingerprint density at radius 1 is 1.36 bits per heavy atom. The Kier molecular flexibility index (Phi) is 1.92. The van der Waals surface area contributed by atoms with Gasteiger partial charge < -0.3 is 13.9 Å². The van der Waals surface area contributed by atoms with E-state index < -0.39 is 0 Å². The van der Waals surface area contributed by atoms with E-state index >= 15 is 0 Å². The fraction of sp³-hybridized carbons (Fsp3) is 0.500. The summed E-state index contributed by atoms with van der Waals surface area (Å²) in [6.07, 6.45) is 4.10. The molecule has 3 heteroatoms. The normalized spacial score (nSPS) is 19.3. The number of hydrogen-bond donors (Lipinski definition) is 0. The van der Waals surface area contributed by atoms with Crippen LogP contribution in [0.25, 0.3) is 0 Å². The van der Waals surface area contributed by atoms with Gasteiger partial charge in [-0.3, -0.25) is 0 Å². The summed E-state index contributed by atoms with van der Waals surface area (Å²) < 4.78 is 15.4. The van der Waals surface area contributed by atoms with Gasteiger partial charge in [0.1, 0.15) is 0 Å². The van der Waals surface area contributed by atoms with Crippen molar-refractivity contribution in [3.8, 4) is 0 Å². The molecule has 0 amide bonds. The minimum Gasteiger partial charge on any atom is -0.472 e. The molecule has 3 nitrogen and oxygen atoms in total. The van der Waals surface area contributed by atoms with Crippen LogP contribution in [0.15, 0.2) is 23.0 Å². The summed E-state index contributed by atoms with van der Waals surface area (Å²) >= 11 is 0. The third-order valence-corrected chi connectivity index (χ3v) is 1.67. The van der Waals surface area contributed by atoms with E-state index in [1.165, 1.54) is 0 Å². The number of rotatable bonds is 2. The van der Waals surface area contributed by atoms with E-state index in [4.69, 9.17) is 13.9 Å². The quantitative estimate of drug-likeness (QED) is 0.641. The van der Waals surface area contributed by atoms with Gasteiger partial charge in [-0.2, -0.15) is 0 Å². The summed E-state index contributed by atoms with van der Waals surface area (Å²) in [6, 6.07) is 1.92. The van der Waals surface area contributed by atoms with Gasteiger partial charge in [0.2, 0.25) is 0 Å². The Labute approximate surface area is 64.9 Å². The highest BCUT2D eigenvalue weighted by Crippen LogP contribution is 2.11. The lowest BCUT2D eigenvalue weighted by Crippen LogP contribution is -2.10. The van der Waals surface area contributed by atoms with Crippen molar-refractivity contribution in [3.63, 3.8) is 0 Å². The molecule has 1 fully saturated rings. The van der Waals surface area contributed by atoms with Gasteiger partial charge in [0.15, 0.2) is 6.29 Å². The van der Waals surface area contributed by atoms with Gasteiger partial charge >= 0.3 is 0 Å². The maximum absolute atomic E-state index is 5.26. The fourth-order valence-electron chi connectivity index (χ4n) is 1.13. The highest BCUT2D eigenvalue weighted by molar-refractivity contribution is 5.05. The molecule has 0 radical (unpaired) electrons. The molecule has 0 aromatic carbocycles. The van der Waals surface area contributed by atoms with Gasteiger partial charge in [-0.05, 0) is 11.6 Å². The predicted molar refractivity (Wildman–Crippen MR) is 38.1 cm³/mol. The van der Waals surface area contributed by atoms with Gasteiger partial charge in [-0.25, -0.2) is 0 Å². The van der Waals surface area contributed by atoms with Crippen LogP contribution >= 0.6 is 0 Å². The molecular weight excluding hydrogens is 144 g/mol. The summed E-state index contributed by atoms with van der Waals surface area (Å²) in [5.74, 6) is 0. The Balaban J connectivity index is 1.90. The molecule has 1 aliphatic rings. The molecule has 1 aromatic heterocycles. The zero-order valence-electron chi connectivity index (χ0n) is 6.16. The standard InChI is InChI=1S/C8H10O3/c1-2-9-6-7(1)5-8-10-3-4-11-8/h1-2,6,8H,3-5H2. The average molecular weight is 154 g/mol. The van der Waals surface area contributed by atoms with E-state index in [2.05, 4.69) is 0 Å². The Bertz CT molecular complexity index is 199. The lowest BCUT2D eigenvalue weighted by molar-refractivity contribution is -0.0400. The lowest BCUT2D eigenvalue weighted by atomic mass is 10.2. The molecule has 0 N–H and O–H groups in total. The first kappa shape index (κ1) is 6.88. The summed E-state index contributed by atoms with van der Waals surface area (Å²) in [4.78, 5) is 0. The van der Waals surface area contributed by atoms with Crippen molar-refractivity contribution in [1.82, 2.24) is 0 Å². The van der Waals surface area contributed by atoms with Crippen molar-refractivity contribution >= 4 is 0 Å². The minimum atomic E-state index is -0.0624. The van der Waals surface area contributed by atoms with E-state index in [0.717, 1.165) is 12.0 Å². The topological polar surface area (TPSA) is 31.6 Å². The zero-order valence-corrected chi connectivity index (χ0v) is 6.16. The van der Waals surface area contributed by atoms with E-state index in [-0.39, 0.29) is 6.29 Å². The first-order valence-corrected chi connectivity index (χ1v) is 3.69. The first-order chi connectivity index (χ1) is 5.45. The van der Waals surface area contributed by atoms with Crippen LogP contribution in [-0.4, -0.2) is 19.5 Å². The van der Waals surface area contributed by atoms with Crippen molar-refractivity contribution in [2.45, 2.75) is 12.7 Å². The maximum atomic E-state index is 5.26. The Hall–Kier alpha value is -0.800. The van der Waals surface area contributed by atoms with E-state index in [1.54, 1.807) is 12.5 Å². The highest BCUT2D eigenvalue weighted by atomic mass is 16.7. The molecule has 0 aliphatic carbocycles. The molecule has 60 valence electrons. The second-order valence-corrected chi connectivity index (χ2v) is 2.51. The van der Waals surface area contributed by atoms with Crippen molar-refractivity contribution < 1.29 is 13.9 Å². The van der Waals surface area contributed by atoms with Gasteiger partial charge in [-0.1, -0.05) is 0 Å². The van der Waals surface area contributed by atoms with Crippen LogP contribution in [0.2, 0.25) is 0 Å². The molecule has 1 aliphatic heterocycles. The SMILES string of the molecule is c1cc(CC2OCCO2)co1. The van der Waals surface area contributed by atoms with E-state index in [9.17, 15) is 0 Å². The number of ether oxygens (including phenoxy) is 2. The summed E-state index contributed by atoms with van der Waals surface area (Å²) in [6.45, 7) is 1.42. The largest absolute Gasteiger partial charge is 0.472 e. The minimum absolute atomic E-state index is 0.0624. The Morgan fingerprint density at radius 2 is 2.18 bits per heavy atom. The van der Waals surface area contributed by atoms with Crippen LogP contribution in [0.4, 0.5) is 0 Å². The van der Waals surface area contributed by atoms with E-state index in [0.29, 0.717) is 13.2 Å². The van der Waals surface area contributed by atoms with Crippen molar-refractivity contribution in [2.75, 3.05) is 13.2 Å². The van der Waals surface area contributed by atoms with Gasteiger partial charge in [0.05, 0.1) is 25.7 Å². The highest BCUT2D eigenvalue weighted by Gasteiger charge is 2.16. The molecule has 0 saturated carbocycles. The third-order valence-electron chi connectivity index (χ3n) is 1.67. The molecule has 11 heavy (non-hydrogen) atoms. The Morgan fingerprint density at radius 3 is 2.82 bits per heavy atom. The molecule has 0 atom stereocenters. The molecule has 1 aromatic rings. The van der Waals surface area contributed by atoms with Gasteiger partial charge in [-0.15, -0.1) is 0 Å². The van der Waals surface area contributed by atoms with Crippen molar-refractivity contribution in [3.05, 3.63) is 24.2 Å². The van der Waals surface area contributed by atoms with Crippen molar-refractivity contribution in [1.29, 1.82) is 0 Å². The second kappa shape index (κ2) is 3.07.